The van der Waals surface area contributed by atoms with Crippen molar-refractivity contribution >= 4 is 12.6 Å². The Morgan fingerprint density at radius 3 is 2.64 bits per heavy atom. The minimum Gasteiger partial charge on any atom is -0.305 e. The molecule has 1 aliphatic heterocycles. The van der Waals surface area contributed by atoms with E-state index in [9.17, 15) is 0 Å². The second kappa shape index (κ2) is 6.70. The zero-order valence-electron chi connectivity index (χ0n) is 9.58. The molecule has 0 aromatic carbocycles. The van der Waals surface area contributed by atoms with Gasteiger partial charge >= 0.3 is 0 Å². The van der Waals surface area contributed by atoms with Gasteiger partial charge in [0.2, 0.25) is 0 Å². The molecule has 0 radical (unpaired) electrons. The summed E-state index contributed by atoms with van der Waals surface area (Å²) in [4.78, 5) is 4.96. The molecule has 0 aromatic rings. The Bertz CT molecular complexity index is 150. The minimum atomic E-state index is 0.792. The molecule has 1 atom stereocenters. The zero-order valence-corrected chi connectivity index (χ0v) is 10.5. The standard InChI is InChI=1S/C11H24N2S/c1-12(2)11-6-8-13(10-11)7-4-3-5-9-14/h11,14H,3-10H2,1-2H3. The number of likely N-dealkylation sites (tertiary alicyclic amines) is 1. The van der Waals surface area contributed by atoms with Gasteiger partial charge in [0.05, 0.1) is 0 Å². The number of hydrogen-bond donors (Lipinski definition) is 1. The lowest BCUT2D eigenvalue weighted by Crippen LogP contribution is -2.31. The average molecular weight is 216 g/mol. The molecule has 1 unspecified atom stereocenters. The van der Waals surface area contributed by atoms with E-state index in [1.165, 1.54) is 45.3 Å². The fraction of sp³-hybridized carbons (Fsp3) is 1.00. The van der Waals surface area contributed by atoms with Crippen LogP contribution in [0, 0.1) is 0 Å². The van der Waals surface area contributed by atoms with E-state index in [1.54, 1.807) is 0 Å². The first kappa shape index (κ1) is 12.3. The van der Waals surface area contributed by atoms with Crippen LogP contribution in [0.4, 0.5) is 0 Å². The molecule has 0 amide bonds. The highest BCUT2D eigenvalue weighted by molar-refractivity contribution is 7.80. The Hall–Kier alpha value is 0.270. The van der Waals surface area contributed by atoms with Crippen LogP contribution < -0.4 is 0 Å². The third kappa shape index (κ3) is 4.20. The lowest BCUT2D eigenvalue weighted by atomic mass is 10.2. The van der Waals surface area contributed by atoms with Gasteiger partial charge in [0.25, 0.3) is 0 Å². The van der Waals surface area contributed by atoms with E-state index in [4.69, 9.17) is 0 Å². The number of rotatable bonds is 6. The van der Waals surface area contributed by atoms with Gasteiger partial charge in [-0.2, -0.15) is 12.6 Å². The molecule has 1 fully saturated rings. The van der Waals surface area contributed by atoms with Gasteiger partial charge in [0.15, 0.2) is 0 Å². The number of thiol groups is 1. The third-order valence-electron chi connectivity index (χ3n) is 3.11. The summed E-state index contributed by atoms with van der Waals surface area (Å²) in [7, 11) is 4.38. The predicted molar refractivity (Wildman–Crippen MR) is 66.2 cm³/mol. The second-order valence-electron chi connectivity index (χ2n) is 4.49. The molecule has 1 saturated heterocycles. The monoisotopic (exact) mass is 216 g/mol. The summed E-state index contributed by atoms with van der Waals surface area (Å²) < 4.78 is 0. The molecule has 3 heteroatoms. The van der Waals surface area contributed by atoms with E-state index in [-0.39, 0.29) is 0 Å². The highest BCUT2D eigenvalue weighted by atomic mass is 32.1. The van der Waals surface area contributed by atoms with Gasteiger partial charge in [-0.3, -0.25) is 0 Å². The van der Waals surface area contributed by atoms with Gasteiger partial charge in [0, 0.05) is 12.6 Å². The summed E-state index contributed by atoms with van der Waals surface area (Å²) >= 11 is 4.22. The average Bonchev–Trinajstić information content (AvgIpc) is 2.61. The summed E-state index contributed by atoms with van der Waals surface area (Å²) in [5.41, 5.74) is 0. The Labute approximate surface area is 94.1 Å². The van der Waals surface area contributed by atoms with Crippen molar-refractivity contribution in [1.82, 2.24) is 9.80 Å². The van der Waals surface area contributed by atoms with Crippen molar-refractivity contribution in [2.45, 2.75) is 31.7 Å². The summed E-state index contributed by atoms with van der Waals surface area (Å²) in [6, 6.07) is 0.792. The molecule has 2 nitrogen and oxygen atoms in total. The number of unbranched alkanes of at least 4 members (excludes halogenated alkanes) is 2. The van der Waals surface area contributed by atoms with Gasteiger partial charge in [-0.1, -0.05) is 6.42 Å². The van der Waals surface area contributed by atoms with Crippen LogP contribution in [-0.2, 0) is 0 Å². The van der Waals surface area contributed by atoms with E-state index in [2.05, 4.69) is 36.5 Å². The molecule has 0 N–H and O–H groups in total. The summed E-state index contributed by atoms with van der Waals surface area (Å²) in [5, 5.41) is 0. The van der Waals surface area contributed by atoms with Gasteiger partial charge in [-0.05, 0) is 52.2 Å². The predicted octanol–water partition coefficient (Wildman–Crippen LogP) is 1.72. The zero-order chi connectivity index (χ0) is 10.4. The Balaban J connectivity index is 2.04. The number of hydrogen-bond acceptors (Lipinski definition) is 3. The van der Waals surface area contributed by atoms with Crippen LogP contribution in [0.5, 0.6) is 0 Å². The van der Waals surface area contributed by atoms with E-state index < -0.39 is 0 Å². The van der Waals surface area contributed by atoms with Gasteiger partial charge in [-0.25, -0.2) is 0 Å². The molecule has 0 bridgehead atoms. The highest BCUT2D eigenvalue weighted by Crippen LogP contribution is 2.13. The van der Waals surface area contributed by atoms with E-state index in [0.29, 0.717) is 0 Å². The Kier molecular flexibility index (Phi) is 5.90. The van der Waals surface area contributed by atoms with Crippen molar-refractivity contribution in [3.63, 3.8) is 0 Å². The molecule has 1 aliphatic rings. The van der Waals surface area contributed by atoms with E-state index in [0.717, 1.165) is 11.8 Å². The van der Waals surface area contributed by atoms with Gasteiger partial charge < -0.3 is 9.80 Å². The molecule has 14 heavy (non-hydrogen) atoms. The molecule has 0 spiro atoms. The van der Waals surface area contributed by atoms with Crippen LogP contribution in [0.3, 0.4) is 0 Å². The first-order chi connectivity index (χ1) is 6.74. The maximum absolute atomic E-state index is 4.22. The van der Waals surface area contributed by atoms with E-state index in [1.807, 2.05) is 0 Å². The minimum absolute atomic E-state index is 0.792. The fourth-order valence-electron chi connectivity index (χ4n) is 2.06. The van der Waals surface area contributed by atoms with Crippen molar-refractivity contribution in [2.24, 2.45) is 0 Å². The highest BCUT2D eigenvalue weighted by Gasteiger charge is 2.22. The molecule has 1 heterocycles. The first-order valence-electron chi connectivity index (χ1n) is 5.73. The molecule has 0 saturated carbocycles. The topological polar surface area (TPSA) is 6.48 Å². The molecule has 0 aliphatic carbocycles. The third-order valence-corrected chi connectivity index (χ3v) is 3.43. The maximum Gasteiger partial charge on any atom is 0.0229 e. The summed E-state index contributed by atoms with van der Waals surface area (Å²) in [6.07, 6.45) is 5.31. The quantitative estimate of drug-likeness (QED) is 0.533. The van der Waals surface area contributed by atoms with Gasteiger partial charge in [-0.15, -0.1) is 0 Å². The van der Waals surface area contributed by atoms with Crippen LogP contribution in [0.25, 0.3) is 0 Å². The SMILES string of the molecule is CN(C)C1CCN(CCCCCS)C1. The Morgan fingerprint density at radius 1 is 1.29 bits per heavy atom. The molecule has 84 valence electrons. The maximum atomic E-state index is 4.22. The molecule has 1 rings (SSSR count). The molecule has 0 aromatic heterocycles. The molecular formula is C11H24N2S. The van der Waals surface area contributed by atoms with Crippen LogP contribution in [-0.4, -0.2) is 55.3 Å². The second-order valence-corrected chi connectivity index (χ2v) is 4.94. The van der Waals surface area contributed by atoms with Crippen molar-refractivity contribution in [2.75, 3.05) is 39.5 Å². The number of nitrogens with zero attached hydrogens (tertiary/aromatic N) is 2. The van der Waals surface area contributed by atoms with Gasteiger partial charge in [0.1, 0.15) is 0 Å². The Morgan fingerprint density at radius 2 is 2.07 bits per heavy atom. The van der Waals surface area contributed by atoms with Crippen molar-refractivity contribution in [3.05, 3.63) is 0 Å². The smallest absolute Gasteiger partial charge is 0.0229 e. The van der Waals surface area contributed by atoms with Crippen molar-refractivity contribution in [1.29, 1.82) is 0 Å². The summed E-state index contributed by atoms with van der Waals surface area (Å²) in [5.74, 6) is 1.04. The first-order valence-corrected chi connectivity index (χ1v) is 6.37. The van der Waals surface area contributed by atoms with Crippen LogP contribution in [0.1, 0.15) is 25.7 Å². The normalized spacial score (nSPS) is 23.6. The number of likely N-dealkylation sites (N-methyl/N-ethyl adjacent to an activating group) is 1. The summed E-state index contributed by atoms with van der Waals surface area (Å²) in [6.45, 7) is 3.86. The van der Waals surface area contributed by atoms with Crippen LogP contribution in [0.15, 0.2) is 0 Å². The fourth-order valence-corrected chi connectivity index (χ4v) is 2.28. The van der Waals surface area contributed by atoms with E-state index >= 15 is 0 Å². The van der Waals surface area contributed by atoms with Crippen molar-refractivity contribution in [3.8, 4) is 0 Å². The van der Waals surface area contributed by atoms with Crippen molar-refractivity contribution < 1.29 is 0 Å². The lowest BCUT2D eigenvalue weighted by molar-refractivity contribution is 0.266. The lowest BCUT2D eigenvalue weighted by Gasteiger charge is -2.20. The van der Waals surface area contributed by atoms with Crippen LogP contribution >= 0.6 is 12.6 Å². The van der Waals surface area contributed by atoms with Crippen LogP contribution in [0.2, 0.25) is 0 Å². The molecular weight excluding hydrogens is 192 g/mol. The largest absolute Gasteiger partial charge is 0.305 e.